The zero-order chi connectivity index (χ0) is 24.8. The SMILES string of the molecule is CCOC(=O)C(CC(P(=O)(OCC)OCC)P(=O)(OCC)OCC)P(=O)(OCC)OCC. The number of ether oxygens (including phenoxy) is 1. The second-order valence-corrected chi connectivity index (χ2v) is 13.2. The summed E-state index contributed by atoms with van der Waals surface area (Å²) in [6.07, 6.45) is -0.551. The van der Waals surface area contributed by atoms with E-state index in [2.05, 4.69) is 0 Å². The third kappa shape index (κ3) is 8.94. The summed E-state index contributed by atoms with van der Waals surface area (Å²) in [5.41, 5.74) is -1.56. The van der Waals surface area contributed by atoms with Gasteiger partial charge in [0.1, 0.15) is 0 Å². The molecule has 0 fully saturated rings. The van der Waals surface area contributed by atoms with Crippen LogP contribution in [0, 0.1) is 0 Å². The summed E-state index contributed by atoms with van der Waals surface area (Å²) in [5, 5.41) is -1.57. The standard InChI is InChI=1S/C18H39O11P3/c1-8-23-18(19)16(30(20,24-9-2)25-10-3)15-17(31(21,26-11-4)27-12-5)32(22,28-13-6)29-14-7/h16-17H,8-15H2,1-7H3. The number of rotatable bonds is 19. The van der Waals surface area contributed by atoms with Gasteiger partial charge in [0, 0.05) is 0 Å². The van der Waals surface area contributed by atoms with Gasteiger partial charge in [-0.2, -0.15) is 0 Å². The molecule has 0 radical (unpaired) electrons. The van der Waals surface area contributed by atoms with Crippen molar-refractivity contribution in [2.45, 2.75) is 65.9 Å². The lowest BCUT2D eigenvalue weighted by Gasteiger charge is -2.34. The van der Waals surface area contributed by atoms with Crippen LogP contribution >= 0.6 is 22.8 Å². The van der Waals surface area contributed by atoms with E-state index in [1.54, 1.807) is 48.5 Å². The maximum Gasteiger partial charge on any atom is 0.345 e. The van der Waals surface area contributed by atoms with E-state index in [0.29, 0.717) is 0 Å². The molecule has 0 heterocycles. The van der Waals surface area contributed by atoms with Gasteiger partial charge in [0.2, 0.25) is 0 Å². The number of hydrogen-bond acceptors (Lipinski definition) is 11. The van der Waals surface area contributed by atoms with E-state index in [1.807, 2.05) is 0 Å². The molecule has 0 saturated heterocycles. The summed E-state index contributed by atoms with van der Waals surface area (Å²) in [4.78, 5) is 12.9. The number of esters is 1. The quantitative estimate of drug-likeness (QED) is 0.158. The normalized spacial score (nSPS) is 14.0. The van der Waals surface area contributed by atoms with Gasteiger partial charge in [0.25, 0.3) is 0 Å². The van der Waals surface area contributed by atoms with Crippen LogP contribution in [0.1, 0.15) is 54.9 Å². The van der Waals surface area contributed by atoms with Gasteiger partial charge in [0.15, 0.2) is 11.1 Å². The molecule has 0 amide bonds. The lowest BCUT2D eigenvalue weighted by molar-refractivity contribution is -0.143. The minimum Gasteiger partial charge on any atom is -0.465 e. The van der Waals surface area contributed by atoms with Gasteiger partial charge in [-0.3, -0.25) is 18.5 Å². The monoisotopic (exact) mass is 524 g/mol. The summed E-state index contributed by atoms with van der Waals surface area (Å²) >= 11 is 0. The van der Waals surface area contributed by atoms with Crippen molar-refractivity contribution in [2.75, 3.05) is 46.2 Å². The Balaban J connectivity index is 6.76. The maximum atomic E-state index is 13.8. The molecule has 0 aliphatic rings. The van der Waals surface area contributed by atoms with Gasteiger partial charge in [-0.05, 0) is 54.9 Å². The molecule has 0 aromatic heterocycles. The van der Waals surface area contributed by atoms with Crippen molar-refractivity contribution in [1.82, 2.24) is 0 Å². The van der Waals surface area contributed by atoms with Crippen molar-refractivity contribution in [1.29, 1.82) is 0 Å². The average molecular weight is 524 g/mol. The van der Waals surface area contributed by atoms with Crippen molar-refractivity contribution in [3.63, 3.8) is 0 Å². The number of carbonyl (C=O) groups is 1. The minimum atomic E-state index is -4.18. The van der Waals surface area contributed by atoms with Gasteiger partial charge in [-0.1, -0.05) is 0 Å². The molecule has 192 valence electrons. The predicted molar refractivity (Wildman–Crippen MR) is 121 cm³/mol. The molecule has 0 aliphatic carbocycles. The van der Waals surface area contributed by atoms with E-state index < -0.39 is 46.2 Å². The third-order valence-corrected chi connectivity index (χ3v) is 12.4. The molecule has 0 aromatic carbocycles. The fourth-order valence-electron chi connectivity index (χ4n) is 2.94. The smallest absolute Gasteiger partial charge is 0.345 e. The molecular formula is C18H39O11P3. The van der Waals surface area contributed by atoms with Gasteiger partial charge in [-0.15, -0.1) is 0 Å². The van der Waals surface area contributed by atoms with E-state index in [4.69, 9.17) is 31.9 Å². The Morgan fingerprint density at radius 3 is 1.16 bits per heavy atom. The van der Waals surface area contributed by atoms with Crippen LogP contribution in [0.15, 0.2) is 0 Å². The van der Waals surface area contributed by atoms with Crippen LogP contribution in [0.2, 0.25) is 0 Å². The van der Waals surface area contributed by atoms with E-state index in [9.17, 15) is 18.5 Å². The Morgan fingerprint density at radius 2 is 0.875 bits per heavy atom. The summed E-state index contributed by atoms with van der Waals surface area (Å²) in [6, 6.07) is 0. The summed E-state index contributed by atoms with van der Waals surface area (Å²) in [7, 11) is -12.5. The first-order valence-corrected chi connectivity index (χ1v) is 15.7. The van der Waals surface area contributed by atoms with E-state index in [1.165, 1.54) is 0 Å². The Labute approximate surface area is 191 Å². The molecule has 0 spiro atoms. The topological polar surface area (TPSA) is 133 Å². The number of hydrogen-bond donors (Lipinski definition) is 0. The molecule has 0 aromatic rings. The maximum absolute atomic E-state index is 13.8. The van der Waals surface area contributed by atoms with E-state index in [0.717, 1.165) is 0 Å². The fraction of sp³-hybridized carbons (Fsp3) is 0.944. The minimum absolute atomic E-state index is 0.0125. The van der Waals surface area contributed by atoms with Gasteiger partial charge in [-0.25, -0.2) is 0 Å². The van der Waals surface area contributed by atoms with Gasteiger partial charge >= 0.3 is 28.8 Å². The largest absolute Gasteiger partial charge is 0.465 e. The molecule has 11 nitrogen and oxygen atoms in total. The first-order chi connectivity index (χ1) is 15.1. The first kappa shape index (κ1) is 31.9. The Hall–Kier alpha value is -0.0800. The predicted octanol–water partition coefficient (Wildman–Crippen LogP) is 5.43. The van der Waals surface area contributed by atoms with Gasteiger partial charge in [0.05, 0.1) is 46.2 Å². The zero-order valence-corrected chi connectivity index (χ0v) is 22.8. The van der Waals surface area contributed by atoms with Crippen LogP contribution < -0.4 is 0 Å². The summed E-state index contributed by atoms with van der Waals surface area (Å²) in [6.45, 7) is 10.9. The van der Waals surface area contributed by atoms with E-state index >= 15 is 0 Å². The molecule has 0 N–H and O–H groups in total. The highest BCUT2D eigenvalue weighted by atomic mass is 31.2. The second-order valence-electron chi connectivity index (χ2n) is 6.11. The summed E-state index contributed by atoms with van der Waals surface area (Å²) < 4.78 is 78.6. The van der Waals surface area contributed by atoms with Crippen LogP contribution in [-0.2, 0) is 50.4 Å². The lowest BCUT2D eigenvalue weighted by Crippen LogP contribution is -2.31. The molecule has 0 saturated carbocycles. The van der Waals surface area contributed by atoms with Crippen molar-refractivity contribution >= 4 is 28.8 Å². The van der Waals surface area contributed by atoms with Crippen LogP contribution in [-0.4, -0.2) is 63.3 Å². The fourth-order valence-corrected chi connectivity index (χ4v) is 10.6. The second kappa shape index (κ2) is 15.8. The molecular weight excluding hydrogens is 485 g/mol. The van der Waals surface area contributed by atoms with Crippen molar-refractivity contribution in [2.24, 2.45) is 0 Å². The van der Waals surface area contributed by atoms with Crippen molar-refractivity contribution in [3.05, 3.63) is 0 Å². The first-order valence-electron chi connectivity index (χ1n) is 10.9. The van der Waals surface area contributed by atoms with Crippen LogP contribution in [0.3, 0.4) is 0 Å². The van der Waals surface area contributed by atoms with Gasteiger partial charge < -0.3 is 31.9 Å². The highest BCUT2D eigenvalue weighted by Crippen LogP contribution is 2.73. The summed E-state index contributed by atoms with van der Waals surface area (Å²) in [5.74, 6) is -0.915. The van der Waals surface area contributed by atoms with Crippen LogP contribution in [0.25, 0.3) is 0 Å². The highest BCUT2D eigenvalue weighted by Gasteiger charge is 2.56. The molecule has 32 heavy (non-hydrogen) atoms. The average Bonchev–Trinajstić information content (AvgIpc) is 2.69. The zero-order valence-electron chi connectivity index (χ0n) is 20.1. The molecule has 1 unspecified atom stereocenters. The van der Waals surface area contributed by atoms with Crippen molar-refractivity contribution in [3.8, 4) is 0 Å². The van der Waals surface area contributed by atoms with Crippen LogP contribution in [0.5, 0.6) is 0 Å². The molecule has 1 atom stereocenters. The molecule has 0 bridgehead atoms. The molecule has 0 aliphatic heterocycles. The Bertz CT molecular complexity index is 625. The van der Waals surface area contributed by atoms with Crippen molar-refractivity contribution < 1.29 is 50.4 Å². The van der Waals surface area contributed by atoms with E-state index in [-0.39, 0.29) is 46.2 Å². The lowest BCUT2D eigenvalue weighted by atomic mass is 10.3. The third-order valence-electron chi connectivity index (χ3n) is 3.96. The Kier molecular flexibility index (Phi) is 15.7. The number of carbonyl (C=O) groups excluding carboxylic acids is 1. The molecule has 0 rings (SSSR count). The van der Waals surface area contributed by atoms with Crippen LogP contribution in [0.4, 0.5) is 0 Å². The highest BCUT2D eigenvalue weighted by molar-refractivity contribution is 7.72. The Morgan fingerprint density at radius 1 is 0.562 bits per heavy atom. The molecule has 14 heteroatoms.